The molecule has 0 saturated heterocycles. The molecule has 0 N–H and O–H groups in total. The van der Waals surface area contributed by atoms with Gasteiger partial charge in [-0.2, -0.15) is 0 Å². The van der Waals surface area contributed by atoms with Gasteiger partial charge in [-0.1, -0.05) is 115 Å². The first-order valence-electron chi connectivity index (χ1n) is 17.5. The van der Waals surface area contributed by atoms with Crippen LogP contribution in [0.5, 0.6) is 0 Å². The molecule has 6 heteroatoms. The highest BCUT2D eigenvalue weighted by atomic mass is 16.3. The van der Waals surface area contributed by atoms with E-state index in [1.165, 1.54) is 0 Å². The Morgan fingerprint density at radius 3 is 1.68 bits per heavy atom. The van der Waals surface area contributed by atoms with Crippen LogP contribution in [0, 0.1) is 0 Å². The third-order valence-corrected chi connectivity index (χ3v) is 9.56. The molecule has 0 saturated carbocycles. The standard InChI is InChI=1S/C47H29N5O/c1-4-13-30(14-5-1)44-50-45(31-15-6-2-7-16-31)52-46(51-44)37-26-35(33-22-23-41-42(29-33)53-47(49-41)32-17-8-3-9-18-32)25-36(27-37)40-28-34-19-10-11-20-38(34)43-39(40)21-12-24-48-43/h1-29H. The van der Waals surface area contributed by atoms with Crippen molar-refractivity contribution in [3.63, 3.8) is 0 Å². The average Bonchev–Trinajstić information content (AvgIpc) is 3.68. The van der Waals surface area contributed by atoms with Crippen LogP contribution in [-0.4, -0.2) is 24.9 Å². The van der Waals surface area contributed by atoms with Crippen molar-refractivity contribution in [3.8, 4) is 67.9 Å². The molecule has 0 unspecified atom stereocenters. The molecule has 3 heterocycles. The van der Waals surface area contributed by atoms with E-state index in [1.807, 2.05) is 109 Å². The molecule has 0 aliphatic carbocycles. The van der Waals surface area contributed by atoms with Crippen LogP contribution in [0.25, 0.3) is 101 Å². The van der Waals surface area contributed by atoms with Crippen molar-refractivity contribution in [2.75, 3.05) is 0 Å². The number of rotatable bonds is 6. The van der Waals surface area contributed by atoms with E-state index in [0.717, 1.165) is 71.7 Å². The summed E-state index contributed by atoms with van der Waals surface area (Å²) in [4.78, 5) is 24.8. The summed E-state index contributed by atoms with van der Waals surface area (Å²) in [6.07, 6.45) is 1.86. The van der Waals surface area contributed by atoms with Crippen molar-refractivity contribution in [2.45, 2.75) is 0 Å². The summed E-state index contributed by atoms with van der Waals surface area (Å²) in [7, 11) is 0. The highest BCUT2D eigenvalue weighted by Gasteiger charge is 2.18. The molecule has 0 fully saturated rings. The highest BCUT2D eigenvalue weighted by Crippen LogP contribution is 2.39. The Balaban J connectivity index is 1.22. The van der Waals surface area contributed by atoms with Gasteiger partial charge in [-0.15, -0.1) is 0 Å². The zero-order valence-electron chi connectivity index (χ0n) is 28.4. The van der Waals surface area contributed by atoms with Crippen molar-refractivity contribution in [1.82, 2.24) is 24.9 Å². The number of nitrogens with zero attached hydrogens (tertiary/aromatic N) is 5. The van der Waals surface area contributed by atoms with Gasteiger partial charge in [0, 0.05) is 39.2 Å². The Bertz CT molecular complexity index is 2880. The first kappa shape index (κ1) is 30.5. The van der Waals surface area contributed by atoms with Gasteiger partial charge in [0.15, 0.2) is 23.1 Å². The Kier molecular flexibility index (Phi) is 7.36. The Labute approximate surface area is 305 Å². The summed E-state index contributed by atoms with van der Waals surface area (Å²) < 4.78 is 6.33. The predicted octanol–water partition coefficient (Wildman–Crippen LogP) is 11.7. The van der Waals surface area contributed by atoms with Crippen molar-refractivity contribution in [1.29, 1.82) is 0 Å². The van der Waals surface area contributed by atoms with E-state index in [4.69, 9.17) is 29.3 Å². The Hall–Kier alpha value is -7.31. The van der Waals surface area contributed by atoms with Crippen LogP contribution in [0.15, 0.2) is 180 Å². The largest absolute Gasteiger partial charge is 0.436 e. The normalized spacial score (nSPS) is 11.4. The first-order chi connectivity index (χ1) is 26.2. The molecular formula is C47H29N5O. The molecular weight excluding hydrogens is 651 g/mol. The lowest BCUT2D eigenvalue weighted by molar-refractivity contribution is 0.620. The van der Waals surface area contributed by atoms with Gasteiger partial charge in [0.2, 0.25) is 5.89 Å². The Morgan fingerprint density at radius 1 is 0.377 bits per heavy atom. The number of fused-ring (bicyclic) bond motifs is 4. The number of hydrogen-bond acceptors (Lipinski definition) is 6. The van der Waals surface area contributed by atoms with E-state index in [2.05, 4.69) is 66.7 Å². The maximum Gasteiger partial charge on any atom is 0.227 e. The van der Waals surface area contributed by atoms with Gasteiger partial charge in [0.05, 0.1) is 5.52 Å². The Morgan fingerprint density at radius 2 is 0.962 bits per heavy atom. The molecule has 6 nitrogen and oxygen atoms in total. The minimum Gasteiger partial charge on any atom is -0.436 e. The smallest absolute Gasteiger partial charge is 0.227 e. The molecule has 0 bridgehead atoms. The number of benzene rings is 7. The summed E-state index contributed by atoms with van der Waals surface area (Å²) >= 11 is 0. The maximum atomic E-state index is 6.33. The molecule has 0 atom stereocenters. The molecule has 0 spiro atoms. The van der Waals surface area contributed by atoms with Crippen molar-refractivity contribution < 1.29 is 4.42 Å². The number of aromatic nitrogens is 5. The lowest BCUT2D eigenvalue weighted by Gasteiger charge is -2.14. The van der Waals surface area contributed by atoms with E-state index < -0.39 is 0 Å². The number of pyridine rings is 1. The maximum absolute atomic E-state index is 6.33. The second kappa shape index (κ2) is 12.8. The molecule has 10 aromatic rings. The monoisotopic (exact) mass is 679 g/mol. The van der Waals surface area contributed by atoms with Gasteiger partial charge in [-0.05, 0) is 82.2 Å². The van der Waals surface area contributed by atoms with Crippen LogP contribution in [0.2, 0.25) is 0 Å². The molecule has 248 valence electrons. The minimum absolute atomic E-state index is 0.580. The van der Waals surface area contributed by atoms with Gasteiger partial charge in [0.1, 0.15) is 5.52 Å². The van der Waals surface area contributed by atoms with Crippen LogP contribution in [0.1, 0.15) is 0 Å². The summed E-state index contributed by atoms with van der Waals surface area (Å²) in [5, 5.41) is 3.30. The number of oxazole rings is 1. The fraction of sp³-hybridized carbons (Fsp3) is 0. The van der Waals surface area contributed by atoms with Crippen LogP contribution >= 0.6 is 0 Å². The molecule has 0 amide bonds. The summed E-state index contributed by atoms with van der Waals surface area (Å²) in [5.74, 6) is 2.39. The van der Waals surface area contributed by atoms with Gasteiger partial charge >= 0.3 is 0 Å². The quantitative estimate of drug-likeness (QED) is 0.163. The van der Waals surface area contributed by atoms with E-state index in [1.54, 1.807) is 0 Å². The van der Waals surface area contributed by atoms with E-state index in [0.29, 0.717) is 28.9 Å². The second-order valence-corrected chi connectivity index (χ2v) is 12.9. The third-order valence-electron chi connectivity index (χ3n) is 9.56. The third kappa shape index (κ3) is 5.69. The van der Waals surface area contributed by atoms with Crippen LogP contribution in [0.4, 0.5) is 0 Å². The molecule has 10 rings (SSSR count). The zero-order chi connectivity index (χ0) is 35.1. The van der Waals surface area contributed by atoms with Crippen LogP contribution in [0.3, 0.4) is 0 Å². The lowest BCUT2D eigenvalue weighted by Crippen LogP contribution is -2.00. The predicted molar refractivity (Wildman–Crippen MR) is 213 cm³/mol. The lowest BCUT2D eigenvalue weighted by atomic mass is 9.91. The fourth-order valence-corrected chi connectivity index (χ4v) is 6.97. The molecule has 53 heavy (non-hydrogen) atoms. The second-order valence-electron chi connectivity index (χ2n) is 12.9. The van der Waals surface area contributed by atoms with Crippen LogP contribution < -0.4 is 0 Å². The molecule has 3 aromatic heterocycles. The molecule has 0 aliphatic heterocycles. The van der Waals surface area contributed by atoms with Gasteiger partial charge in [0.25, 0.3) is 0 Å². The highest BCUT2D eigenvalue weighted by molar-refractivity contribution is 6.12. The zero-order valence-corrected chi connectivity index (χ0v) is 28.4. The molecule has 0 radical (unpaired) electrons. The fourth-order valence-electron chi connectivity index (χ4n) is 6.97. The van der Waals surface area contributed by atoms with Crippen molar-refractivity contribution in [3.05, 3.63) is 176 Å². The van der Waals surface area contributed by atoms with E-state index >= 15 is 0 Å². The SMILES string of the molecule is c1ccc(-c2nc(-c3ccccc3)nc(-c3cc(-c4ccc5nc(-c6ccccc6)oc5c4)cc(-c4cc5ccccc5c5ncccc45)c3)n2)cc1. The first-order valence-corrected chi connectivity index (χ1v) is 17.5. The molecule has 7 aromatic carbocycles. The summed E-state index contributed by atoms with van der Waals surface area (Å²) in [5.41, 5.74) is 10.2. The summed E-state index contributed by atoms with van der Waals surface area (Å²) in [6, 6.07) is 57.6. The molecule has 0 aliphatic rings. The van der Waals surface area contributed by atoms with E-state index in [-0.39, 0.29) is 0 Å². The van der Waals surface area contributed by atoms with Gasteiger partial charge in [-0.25, -0.2) is 19.9 Å². The summed E-state index contributed by atoms with van der Waals surface area (Å²) in [6.45, 7) is 0. The van der Waals surface area contributed by atoms with Crippen molar-refractivity contribution >= 4 is 32.8 Å². The van der Waals surface area contributed by atoms with Crippen molar-refractivity contribution in [2.24, 2.45) is 0 Å². The minimum atomic E-state index is 0.580. The van der Waals surface area contributed by atoms with Crippen LogP contribution in [-0.2, 0) is 0 Å². The van der Waals surface area contributed by atoms with Gasteiger partial charge < -0.3 is 4.42 Å². The topological polar surface area (TPSA) is 77.6 Å². The average molecular weight is 680 g/mol. The van der Waals surface area contributed by atoms with Gasteiger partial charge in [-0.3, -0.25) is 4.98 Å². The number of hydrogen-bond donors (Lipinski definition) is 0. The van der Waals surface area contributed by atoms with E-state index in [9.17, 15) is 0 Å².